The predicted octanol–water partition coefficient (Wildman–Crippen LogP) is 3.60. The molecule has 0 aliphatic carbocycles. The van der Waals surface area contributed by atoms with Crippen molar-refractivity contribution in [2.75, 3.05) is 11.4 Å². The molecule has 4 rings (SSSR count). The van der Waals surface area contributed by atoms with E-state index in [0.29, 0.717) is 23.6 Å². The Morgan fingerprint density at radius 3 is 2.55 bits per heavy atom. The van der Waals surface area contributed by atoms with Crippen molar-refractivity contribution in [1.29, 1.82) is 0 Å². The summed E-state index contributed by atoms with van der Waals surface area (Å²) in [4.78, 5) is 33.0. The van der Waals surface area contributed by atoms with Gasteiger partial charge in [0.05, 0.1) is 6.54 Å². The molecule has 0 radical (unpaired) electrons. The Bertz CT molecular complexity index is 1250. The van der Waals surface area contributed by atoms with Crippen molar-refractivity contribution in [1.82, 2.24) is 18.7 Å². The minimum Gasteiger partial charge on any atom is -0.312 e. The molecule has 31 heavy (non-hydrogen) atoms. The molecule has 1 atom stereocenters. The number of anilines is 2. The van der Waals surface area contributed by atoms with Gasteiger partial charge >= 0.3 is 5.69 Å². The van der Waals surface area contributed by atoms with Crippen LogP contribution in [0.25, 0.3) is 11.2 Å². The summed E-state index contributed by atoms with van der Waals surface area (Å²) in [5.41, 5.74) is 3.38. The summed E-state index contributed by atoms with van der Waals surface area (Å²) in [7, 11) is 1.67. The van der Waals surface area contributed by atoms with Crippen LogP contribution in [0, 0.1) is 5.92 Å². The van der Waals surface area contributed by atoms with Crippen LogP contribution >= 0.6 is 0 Å². The van der Waals surface area contributed by atoms with Gasteiger partial charge in [0.15, 0.2) is 11.2 Å². The highest BCUT2D eigenvalue weighted by Gasteiger charge is 2.29. The number of nitrogens with zero attached hydrogens (tertiary/aromatic N) is 5. The Morgan fingerprint density at radius 2 is 1.90 bits per heavy atom. The number of unbranched alkanes of at least 4 members (excludes halogenated alkanes) is 1. The lowest BCUT2D eigenvalue weighted by Crippen LogP contribution is -2.40. The number of fused-ring (bicyclic) bond motifs is 3. The highest BCUT2D eigenvalue weighted by Crippen LogP contribution is 2.33. The van der Waals surface area contributed by atoms with E-state index >= 15 is 0 Å². The summed E-state index contributed by atoms with van der Waals surface area (Å²) in [6.45, 7) is 11.8. The van der Waals surface area contributed by atoms with E-state index in [1.54, 1.807) is 7.05 Å². The first-order valence-electron chi connectivity index (χ1n) is 11.0. The molecule has 164 valence electrons. The highest BCUT2D eigenvalue weighted by molar-refractivity contribution is 5.77. The van der Waals surface area contributed by atoms with E-state index in [1.165, 1.54) is 27.5 Å². The number of allylic oxidation sites excluding steroid dienone is 1. The maximum absolute atomic E-state index is 13.3. The van der Waals surface area contributed by atoms with Crippen molar-refractivity contribution >= 4 is 22.8 Å². The van der Waals surface area contributed by atoms with E-state index in [4.69, 9.17) is 4.98 Å². The van der Waals surface area contributed by atoms with Crippen molar-refractivity contribution in [3.8, 4) is 0 Å². The largest absolute Gasteiger partial charge is 0.332 e. The van der Waals surface area contributed by atoms with Crippen LogP contribution in [-0.4, -0.2) is 25.2 Å². The van der Waals surface area contributed by atoms with Crippen molar-refractivity contribution < 1.29 is 0 Å². The molecule has 2 aromatic heterocycles. The third-order valence-electron chi connectivity index (χ3n) is 5.94. The second-order valence-electron chi connectivity index (χ2n) is 8.87. The third-order valence-corrected chi connectivity index (χ3v) is 5.94. The molecule has 0 amide bonds. The topological polar surface area (TPSA) is 65.1 Å². The van der Waals surface area contributed by atoms with E-state index in [0.717, 1.165) is 30.2 Å². The summed E-state index contributed by atoms with van der Waals surface area (Å²) < 4.78 is 4.71. The van der Waals surface area contributed by atoms with E-state index in [1.807, 2.05) is 11.5 Å². The molecular weight excluding hydrogens is 390 g/mol. The molecule has 7 nitrogen and oxygen atoms in total. The van der Waals surface area contributed by atoms with Gasteiger partial charge in [0.1, 0.15) is 0 Å². The molecule has 1 aliphatic heterocycles. The SMILES string of the molecule is C=C(C)Cn1c(=O)c2c(nc3n2CC(C)CN3c2ccc(CCCC)cc2)n(C)c1=O. The van der Waals surface area contributed by atoms with Gasteiger partial charge in [-0.25, -0.2) is 4.79 Å². The van der Waals surface area contributed by atoms with E-state index in [2.05, 4.69) is 49.6 Å². The molecule has 0 saturated carbocycles. The number of hydrogen-bond acceptors (Lipinski definition) is 4. The quantitative estimate of drug-likeness (QED) is 0.571. The van der Waals surface area contributed by atoms with Crippen molar-refractivity contribution in [3.05, 3.63) is 62.8 Å². The third kappa shape index (κ3) is 3.73. The molecule has 0 fully saturated rings. The van der Waals surface area contributed by atoms with Gasteiger partial charge in [-0.05, 0) is 43.4 Å². The Kier molecular flexibility index (Phi) is 5.60. The van der Waals surface area contributed by atoms with Crippen LogP contribution in [0.15, 0.2) is 46.0 Å². The number of benzene rings is 1. The van der Waals surface area contributed by atoms with Crippen LogP contribution < -0.4 is 16.1 Å². The molecule has 1 aromatic carbocycles. The molecule has 0 bridgehead atoms. The van der Waals surface area contributed by atoms with Crippen molar-refractivity contribution in [2.24, 2.45) is 13.0 Å². The highest BCUT2D eigenvalue weighted by atomic mass is 16.2. The lowest BCUT2D eigenvalue weighted by atomic mass is 10.1. The first-order chi connectivity index (χ1) is 14.8. The second-order valence-corrected chi connectivity index (χ2v) is 8.87. The van der Waals surface area contributed by atoms with Gasteiger partial charge in [-0.1, -0.05) is 44.6 Å². The van der Waals surface area contributed by atoms with E-state index in [-0.39, 0.29) is 17.8 Å². The predicted molar refractivity (Wildman–Crippen MR) is 125 cm³/mol. The average molecular weight is 422 g/mol. The number of aromatic nitrogens is 4. The van der Waals surface area contributed by atoms with Gasteiger partial charge in [-0.2, -0.15) is 4.98 Å². The zero-order valence-corrected chi connectivity index (χ0v) is 18.9. The maximum Gasteiger partial charge on any atom is 0.332 e. The molecule has 3 heterocycles. The summed E-state index contributed by atoms with van der Waals surface area (Å²) in [5, 5.41) is 0. The van der Waals surface area contributed by atoms with Crippen LogP contribution in [-0.2, 0) is 26.6 Å². The molecule has 1 unspecified atom stereocenters. The number of rotatable bonds is 6. The van der Waals surface area contributed by atoms with Crippen LogP contribution in [0.1, 0.15) is 39.2 Å². The summed E-state index contributed by atoms with van der Waals surface area (Å²) in [6.07, 6.45) is 3.44. The zero-order valence-electron chi connectivity index (χ0n) is 18.9. The average Bonchev–Trinajstić information content (AvgIpc) is 3.13. The van der Waals surface area contributed by atoms with Crippen LogP contribution in [0.5, 0.6) is 0 Å². The number of hydrogen-bond donors (Lipinski definition) is 0. The Labute approximate surface area is 182 Å². The van der Waals surface area contributed by atoms with Crippen molar-refractivity contribution in [2.45, 2.75) is 53.1 Å². The number of aryl methyl sites for hydroxylation is 2. The Morgan fingerprint density at radius 1 is 1.19 bits per heavy atom. The molecule has 1 aliphatic rings. The van der Waals surface area contributed by atoms with Gasteiger partial charge in [0, 0.05) is 25.8 Å². The van der Waals surface area contributed by atoms with E-state index in [9.17, 15) is 9.59 Å². The Balaban J connectivity index is 1.86. The molecule has 0 saturated heterocycles. The van der Waals surface area contributed by atoms with Gasteiger partial charge in [0.2, 0.25) is 5.95 Å². The Hall–Kier alpha value is -3.09. The molecular formula is C24H31N5O2. The first kappa shape index (κ1) is 21.2. The van der Waals surface area contributed by atoms with Gasteiger partial charge < -0.3 is 9.47 Å². The molecule has 3 aromatic rings. The maximum atomic E-state index is 13.3. The minimum absolute atomic E-state index is 0.209. The normalized spacial score (nSPS) is 16.0. The smallest absolute Gasteiger partial charge is 0.312 e. The zero-order chi connectivity index (χ0) is 22.3. The fourth-order valence-electron chi connectivity index (χ4n) is 4.36. The lowest BCUT2D eigenvalue weighted by molar-refractivity contribution is 0.458. The van der Waals surface area contributed by atoms with Gasteiger partial charge in [0.25, 0.3) is 5.56 Å². The van der Waals surface area contributed by atoms with E-state index < -0.39 is 0 Å². The number of imidazole rings is 1. The first-order valence-corrected chi connectivity index (χ1v) is 11.0. The van der Waals surface area contributed by atoms with Gasteiger partial charge in [-0.15, -0.1) is 0 Å². The molecule has 0 N–H and O–H groups in total. The van der Waals surface area contributed by atoms with Crippen LogP contribution in [0.4, 0.5) is 11.6 Å². The van der Waals surface area contributed by atoms with Crippen molar-refractivity contribution in [3.63, 3.8) is 0 Å². The standard InChI is InChI=1S/C24H31N5O2/c1-6-7-8-18-9-11-19(12-10-18)27-14-17(4)15-28-20-21(25-23(27)28)26(5)24(31)29(22(20)30)13-16(2)3/h9-12,17H,2,6-8,13-15H2,1,3-5H3. The lowest BCUT2D eigenvalue weighted by Gasteiger charge is -2.33. The molecule has 0 spiro atoms. The van der Waals surface area contributed by atoms with Crippen LogP contribution in [0.3, 0.4) is 0 Å². The second kappa shape index (κ2) is 8.21. The fraction of sp³-hybridized carbons (Fsp3) is 0.458. The molecule has 7 heteroatoms. The summed E-state index contributed by atoms with van der Waals surface area (Å²) >= 11 is 0. The minimum atomic E-state index is -0.365. The van der Waals surface area contributed by atoms with Crippen LogP contribution in [0.2, 0.25) is 0 Å². The van der Waals surface area contributed by atoms with Gasteiger partial charge in [-0.3, -0.25) is 13.9 Å². The fourth-order valence-corrected chi connectivity index (χ4v) is 4.36. The summed E-state index contributed by atoms with van der Waals surface area (Å²) in [6, 6.07) is 8.61. The summed E-state index contributed by atoms with van der Waals surface area (Å²) in [5.74, 6) is 1.05. The monoisotopic (exact) mass is 421 g/mol.